The van der Waals surface area contributed by atoms with E-state index in [2.05, 4.69) is 11.8 Å². The zero-order valence-corrected chi connectivity index (χ0v) is 11.8. The maximum atomic E-state index is 12.5. The van der Waals surface area contributed by atoms with Gasteiger partial charge in [0.15, 0.2) is 0 Å². The molecule has 1 aliphatic rings. The molecule has 0 heterocycles. The van der Waals surface area contributed by atoms with E-state index in [1.165, 1.54) is 12.8 Å². The number of rotatable bonds is 7. The Morgan fingerprint density at radius 1 is 1.32 bits per heavy atom. The standard InChI is InChI=1S/C16H24N2O/c1-2-3-10-18(15-8-9-15)16(19)11-13-6-4-5-7-14(13)12-17/h4-7,15H,2-3,8-12,17H2,1H3. The third kappa shape index (κ3) is 3.80. The minimum absolute atomic E-state index is 0.261. The van der Waals surface area contributed by atoms with E-state index in [0.717, 1.165) is 30.5 Å². The van der Waals surface area contributed by atoms with Crippen molar-refractivity contribution in [3.05, 3.63) is 35.4 Å². The summed E-state index contributed by atoms with van der Waals surface area (Å²) in [4.78, 5) is 14.5. The fraction of sp³-hybridized carbons (Fsp3) is 0.562. The number of unbranched alkanes of at least 4 members (excludes halogenated alkanes) is 1. The molecule has 1 aromatic rings. The van der Waals surface area contributed by atoms with Gasteiger partial charge in [-0.1, -0.05) is 37.6 Å². The molecule has 0 saturated heterocycles. The van der Waals surface area contributed by atoms with Crippen LogP contribution < -0.4 is 5.73 Å². The average molecular weight is 260 g/mol. The Morgan fingerprint density at radius 3 is 2.58 bits per heavy atom. The van der Waals surface area contributed by atoms with Crippen LogP contribution in [0.1, 0.15) is 43.7 Å². The van der Waals surface area contributed by atoms with Crippen LogP contribution in [0.2, 0.25) is 0 Å². The minimum Gasteiger partial charge on any atom is -0.339 e. The van der Waals surface area contributed by atoms with Crippen molar-refractivity contribution in [2.45, 2.75) is 51.6 Å². The second-order valence-corrected chi connectivity index (χ2v) is 5.32. The summed E-state index contributed by atoms with van der Waals surface area (Å²) in [5.74, 6) is 0.261. The molecule has 19 heavy (non-hydrogen) atoms. The summed E-state index contributed by atoms with van der Waals surface area (Å²) in [5, 5.41) is 0. The van der Waals surface area contributed by atoms with Crippen LogP contribution in [0.3, 0.4) is 0 Å². The molecule has 1 aliphatic carbocycles. The molecule has 104 valence electrons. The van der Waals surface area contributed by atoms with Crippen LogP contribution in [0.4, 0.5) is 0 Å². The summed E-state index contributed by atoms with van der Waals surface area (Å²) in [6.45, 7) is 3.58. The van der Waals surface area contributed by atoms with Crippen LogP contribution in [0.5, 0.6) is 0 Å². The first kappa shape index (κ1) is 14.1. The highest BCUT2D eigenvalue weighted by molar-refractivity contribution is 5.79. The van der Waals surface area contributed by atoms with Gasteiger partial charge < -0.3 is 10.6 Å². The van der Waals surface area contributed by atoms with E-state index in [9.17, 15) is 4.79 Å². The Balaban J connectivity index is 2.01. The molecule has 2 rings (SSSR count). The van der Waals surface area contributed by atoms with Gasteiger partial charge in [0.05, 0.1) is 6.42 Å². The topological polar surface area (TPSA) is 46.3 Å². The lowest BCUT2D eigenvalue weighted by atomic mass is 10.0. The number of carbonyl (C=O) groups is 1. The largest absolute Gasteiger partial charge is 0.339 e. The molecule has 3 heteroatoms. The molecule has 1 amide bonds. The fourth-order valence-electron chi connectivity index (χ4n) is 2.42. The first-order valence-electron chi connectivity index (χ1n) is 7.32. The molecule has 0 radical (unpaired) electrons. The third-order valence-corrected chi connectivity index (χ3v) is 3.74. The molecule has 0 aliphatic heterocycles. The smallest absolute Gasteiger partial charge is 0.227 e. The summed E-state index contributed by atoms with van der Waals surface area (Å²) < 4.78 is 0. The minimum atomic E-state index is 0.261. The molecule has 2 N–H and O–H groups in total. The van der Waals surface area contributed by atoms with Gasteiger partial charge in [0.2, 0.25) is 5.91 Å². The summed E-state index contributed by atoms with van der Waals surface area (Å²) in [6.07, 6.45) is 5.08. The van der Waals surface area contributed by atoms with E-state index in [4.69, 9.17) is 5.73 Å². The number of carbonyl (C=O) groups excluding carboxylic acids is 1. The Morgan fingerprint density at radius 2 is 2.00 bits per heavy atom. The highest BCUT2D eigenvalue weighted by Crippen LogP contribution is 2.28. The molecule has 0 bridgehead atoms. The average Bonchev–Trinajstić information content (AvgIpc) is 3.24. The van der Waals surface area contributed by atoms with Gasteiger partial charge in [-0.2, -0.15) is 0 Å². The number of nitrogens with zero attached hydrogens (tertiary/aromatic N) is 1. The van der Waals surface area contributed by atoms with Crippen LogP contribution >= 0.6 is 0 Å². The molecule has 0 spiro atoms. The van der Waals surface area contributed by atoms with Crippen LogP contribution in [-0.4, -0.2) is 23.4 Å². The van der Waals surface area contributed by atoms with E-state index in [1.54, 1.807) is 0 Å². The lowest BCUT2D eigenvalue weighted by molar-refractivity contribution is -0.131. The van der Waals surface area contributed by atoms with Crippen molar-refractivity contribution in [1.82, 2.24) is 4.90 Å². The highest BCUT2D eigenvalue weighted by Gasteiger charge is 2.31. The second kappa shape index (κ2) is 6.71. The maximum absolute atomic E-state index is 12.5. The van der Waals surface area contributed by atoms with E-state index < -0.39 is 0 Å². The molecule has 3 nitrogen and oxygen atoms in total. The van der Waals surface area contributed by atoms with Crippen molar-refractivity contribution in [3.8, 4) is 0 Å². The van der Waals surface area contributed by atoms with Gasteiger partial charge in [-0.25, -0.2) is 0 Å². The molecule has 1 aromatic carbocycles. The normalized spacial score (nSPS) is 14.4. The van der Waals surface area contributed by atoms with Crippen LogP contribution in [0.15, 0.2) is 24.3 Å². The van der Waals surface area contributed by atoms with E-state index >= 15 is 0 Å². The Hall–Kier alpha value is -1.35. The van der Waals surface area contributed by atoms with Crippen molar-refractivity contribution in [3.63, 3.8) is 0 Å². The third-order valence-electron chi connectivity index (χ3n) is 3.74. The summed E-state index contributed by atoms with van der Waals surface area (Å²) >= 11 is 0. The van der Waals surface area contributed by atoms with Gasteiger partial charge in [0.1, 0.15) is 0 Å². The highest BCUT2D eigenvalue weighted by atomic mass is 16.2. The Bertz CT molecular complexity index is 427. The number of amides is 1. The lowest BCUT2D eigenvalue weighted by Crippen LogP contribution is -2.35. The summed E-state index contributed by atoms with van der Waals surface area (Å²) in [6, 6.07) is 8.49. The van der Waals surface area contributed by atoms with Gasteiger partial charge in [-0.15, -0.1) is 0 Å². The van der Waals surface area contributed by atoms with Crippen molar-refractivity contribution >= 4 is 5.91 Å². The first-order valence-corrected chi connectivity index (χ1v) is 7.32. The Kier molecular flexibility index (Phi) is 4.97. The molecular weight excluding hydrogens is 236 g/mol. The molecular formula is C16H24N2O. The first-order chi connectivity index (χ1) is 9.26. The van der Waals surface area contributed by atoms with E-state index in [-0.39, 0.29) is 5.91 Å². The molecule has 1 fully saturated rings. The molecule has 0 aromatic heterocycles. The van der Waals surface area contributed by atoms with Gasteiger partial charge >= 0.3 is 0 Å². The van der Waals surface area contributed by atoms with E-state index in [1.807, 2.05) is 24.3 Å². The zero-order valence-electron chi connectivity index (χ0n) is 11.8. The fourth-order valence-corrected chi connectivity index (χ4v) is 2.42. The van der Waals surface area contributed by atoms with Gasteiger partial charge in [0, 0.05) is 19.1 Å². The number of hydrogen-bond acceptors (Lipinski definition) is 2. The molecule has 1 saturated carbocycles. The van der Waals surface area contributed by atoms with Crippen LogP contribution in [-0.2, 0) is 17.8 Å². The quantitative estimate of drug-likeness (QED) is 0.818. The van der Waals surface area contributed by atoms with E-state index in [0.29, 0.717) is 19.0 Å². The number of nitrogens with two attached hydrogens (primary N) is 1. The SMILES string of the molecule is CCCCN(C(=O)Cc1ccccc1CN)C1CC1. The maximum Gasteiger partial charge on any atom is 0.227 e. The predicted molar refractivity (Wildman–Crippen MR) is 77.7 cm³/mol. The monoisotopic (exact) mass is 260 g/mol. The second-order valence-electron chi connectivity index (χ2n) is 5.32. The van der Waals surface area contributed by atoms with Crippen molar-refractivity contribution < 1.29 is 4.79 Å². The van der Waals surface area contributed by atoms with Crippen molar-refractivity contribution in [1.29, 1.82) is 0 Å². The number of benzene rings is 1. The van der Waals surface area contributed by atoms with Crippen LogP contribution in [0, 0.1) is 0 Å². The van der Waals surface area contributed by atoms with Gasteiger partial charge in [-0.05, 0) is 30.4 Å². The zero-order chi connectivity index (χ0) is 13.7. The summed E-state index contributed by atoms with van der Waals surface area (Å²) in [5.41, 5.74) is 7.90. The Labute approximate surface area is 115 Å². The summed E-state index contributed by atoms with van der Waals surface area (Å²) in [7, 11) is 0. The number of hydrogen-bond donors (Lipinski definition) is 1. The molecule has 0 atom stereocenters. The van der Waals surface area contributed by atoms with Crippen LogP contribution in [0.25, 0.3) is 0 Å². The van der Waals surface area contributed by atoms with Crippen molar-refractivity contribution in [2.24, 2.45) is 5.73 Å². The van der Waals surface area contributed by atoms with Gasteiger partial charge in [0.25, 0.3) is 0 Å². The van der Waals surface area contributed by atoms with Gasteiger partial charge in [-0.3, -0.25) is 4.79 Å². The lowest BCUT2D eigenvalue weighted by Gasteiger charge is -2.22. The van der Waals surface area contributed by atoms with Crippen molar-refractivity contribution in [2.75, 3.05) is 6.54 Å². The molecule has 0 unspecified atom stereocenters. The predicted octanol–water partition coefficient (Wildman–Crippen LogP) is 2.48.